The lowest BCUT2D eigenvalue weighted by Crippen LogP contribution is -2.06. The highest BCUT2D eigenvalue weighted by Gasteiger charge is 2.30. The van der Waals surface area contributed by atoms with Crippen molar-refractivity contribution in [1.82, 2.24) is 15.0 Å². The topological polar surface area (TPSA) is 50.7 Å². The number of benzene rings is 2. The molecule has 0 radical (unpaired) electrons. The van der Waals surface area contributed by atoms with Crippen LogP contribution in [0.15, 0.2) is 53.0 Å². The first-order valence-corrected chi connectivity index (χ1v) is 8.10. The van der Waals surface area contributed by atoms with Gasteiger partial charge in [0.1, 0.15) is 0 Å². The van der Waals surface area contributed by atoms with E-state index in [1.165, 1.54) is 12.1 Å². The third-order valence-electron chi connectivity index (χ3n) is 3.14. The maximum absolute atomic E-state index is 12.8. The lowest BCUT2D eigenvalue weighted by Gasteiger charge is -2.10. The van der Waals surface area contributed by atoms with E-state index in [-0.39, 0.29) is 16.9 Å². The number of anilines is 2. The van der Waals surface area contributed by atoms with Crippen molar-refractivity contribution < 1.29 is 13.2 Å². The molecular formula is C16H9BrClF3N4. The van der Waals surface area contributed by atoms with Gasteiger partial charge in [0.15, 0.2) is 5.82 Å². The molecule has 128 valence electrons. The summed E-state index contributed by atoms with van der Waals surface area (Å²) in [4.78, 5) is 12.2. The van der Waals surface area contributed by atoms with Crippen LogP contribution in [0.25, 0.3) is 11.4 Å². The molecule has 0 amide bonds. The molecule has 4 nitrogen and oxygen atoms in total. The number of halogens is 5. The summed E-state index contributed by atoms with van der Waals surface area (Å²) in [6, 6.07) is 11.9. The van der Waals surface area contributed by atoms with Crippen LogP contribution in [0.4, 0.5) is 24.8 Å². The van der Waals surface area contributed by atoms with Gasteiger partial charge in [-0.1, -0.05) is 34.1 Å². The number of hydrogen-bond donors (Lipinski definition) is 1. The quantitative estimate of drug-likeness (QED) is 0.579. The minimum atomic E-state index is -4.43. The Hall–Kier alpha value is -2.19. The smallest absolute Gasteiger partial charge is 0.324 e. The molecule has 0 spiro atoms. The van der Waals surface area contributed by atoms with Crippen molar-refractivity contribution in [2.45, 2.75) is 6.18 Å². The standard InChI is InChI=1S/C16H9BrClF3N4/c17-11-5-1-3-9(7-11)13-23-14(18)25-15(24-13)22-12-6-2-4-10(8-12)16(19,20)21/h1-8H,(H,22,23,24,25). The summed E-state index contributed by atoms with van der Waals surface area (Å²) in [7, 11) is 0. The molecule has 0 aliphatic heterocycles. The van der Waals surface area contributed by atoms with Crippen LogP contribution in [0, 0.1) is 0 Å². The van der Waals surface area contributed by atoms with Gasteiger partial charge in [0.25, 0.3) is 0 Å². The van der Waals surface area contributed by atoms with Crippen molar-refractivity contribution in [3.63, 3.8) is 0 Å². The van der Waals surface area contributed by atoms with E-state index in [4.69, 9.17) is 11.6 Å². The highest BCUT2D eigenvalue weighted by molar-refractivity contribution is 9.10. The predicted molar refractivity (Wildman–Crippen MR) is 92.7 cm³/mol. The molecule has 0 unspecified atom stereocenters. The third-order valence-corrected chi connectivity index (χ3v) is 3.80. The summed E-state index contributed by atoms with van der Waals surface area (Å²) in [5.41, 5.74) is 0.105. The molecule has 1 N–H and O–H groups in total. The number of alkyl halides is 3. The Balaban J connectivity index is 1.94. The second-order valence-electron chi connectivity index (χ2n) is 4.97. The van der Waals surface area contributed by atoms with Gasteiger partial charge in [0.2, 0.25) is 11.2 Å². The van der Waals surface area contributed by atoms with Gasteiger partial charge in [-0.25, -0.2) is 0 Å². The van der Waals surface area contributed by atoms with Gasteiger partial charge in [-0.2, -0.15) is 28.1 Å². The Labute approximate surface area is 154 Å². The average molecular weight is 430 g/mol. The van der Waals surface area contributed by atoms with E-state index < -0.39 is 11.7 Å². The van der Waals surface area contributed by atoms with Gasteiger partial charge in [-0.3, -0.25) is 0 Å². The van der Waals surface area contributed by atoms with Crippen LogP contribution in [0.2, 0.25) is 5.28 Å². The van der Waals surface area contributed by atoms with Crippen molar-refractivity contribution in [3.8, 4) is 11.4 Å². The van der Waals surface area contributed by atoms with E-state index in [0.29, 0.717) is 11.4 Å². The molecule has 0 atom stereocenters. The van der Waals surface area contributed by atoms with Crippen LogP contribution < -0.4 is 5.32 Å². The van der Waals surface area contributed by atoms with Crippen LogP contribution in [0.3, 0.4) is 0 Å². The van der Waals surface area contributed by atoms with Crippen LogP contribution in [-0.4, -0.2) is 15.0 Å². The van der Waals surface area contributed by atoms with Crippen LogP contribution in [0.1, 0.15) is 5.56 Å². The molecule has 2 aromatic carbocycles. The van der Waals surface area contributed by atoms with E-state index in [2.05, 4.69) is 36.2 Å². The second-order valence-corrected chi connectivity index (χ2v) is 6.22. The maximum atomic E-state index is 12.8. The van der Waals surface area contributed by atoms with Crippen molar-refractivity contribution >= 4 is 39.2 Å². The molecule has 1 aromatic heterocycles. The Kier molecular flexibility index (Phi) is 4.91. The fourth-order valence-electron chi connectivity index (χ4n) is 2.07. The zero-order valence-corrected chi connectivity index (χ0v) is 14.7. The summed E-state index contributed by atoms with van der Waals surface area (Å²) in [6.45, 7) is 0. The van der Waals surface area contributed by atoms with E-state index in [9.17, 15) is 13.2 Å². The summed E-state index contributed by atoms with van der Waals surface area (Å²) in [5.74, 6) is 0.352. The molecule has 0 bridgehead atoms. The maximum Gasteiger partial charge on any atom is 0.416 e. The number of aromatic nitrogens is 3. The summed E-state index contributed by atoms with van der Waals surface area (Å²) < 4.78 is 39.2. The highest BCUT2D eigenvalue weighted by Crippen LogP contribution is 2.31. The number of nitrogens with zero attached hydrogens (tertiary/aromatic N) is 3. The third kappa shape index (κ3) is 4.46. The summed E-state index contributed by atoms with van der Waals surface area (Å²) in [5, 5.41) is 2.65. The van der Waals surface area contributed by atoms with Gasteiger partial charge in [-0.15, -0.1) is 0 Å². The van der Waals surface area contributed by atoms with Crippen molar-refractivity contribution in [3.05, 3.63) is 63.9 Å². The molecule has 9 heteroatoms. The fourth-order valence-corrected chi connectivity index (χ4v) is 2.62. The van der Waals surface area contributed by atoms with E-state index in [1.54, 1.807) is 18.2 Å². The second kappa shape index (κ2) is 6.97. The van der Waals surface area contributed by atoms with Crippen molar-refractivity contribution in [2.24, 2.45) is 0 Å². The molecule has 0 aliphatic rings. The van der Waals surface area contributed by atoms with Crippen molar-refractivity contribution in [1.29, 1.82) is 0 Å². The van der Waals surface area contributed by atoms with Crippen LogP contribution >= 0.6 is 27.5 Å². The fraction of sp³-hybridized carbons (Fsp3) is 0.0625. The summed E-state index contributed by atoms with van der Waals surface area (Å²) >= 11 is 9.27. The molecule has 3 aromatic rings. The monoisotopic (exact) mass is 428 g/mol. The molecule has 3 rings (SSSR count). The number of rotatable bonds is 3. The Morgan fingerprint density at radius 1 is 0.960 bits per heavy atom. The van der Waals surface area contributed by atoms with Gasteiger partial charge in [0, 0.05) is 15.7 Å². The molecule has 1 heterocycles. The van der Waals surface area contributed by atoms with Gasteiger partial charge >= 0.3 is 6.18 Å². The SMILES string of the molecule is FC(F)(F)c1cccc(Nc2nc(Cl)nc(-c3cccc(Br)c3)n2)c1. The van der Waals surface area contributed by atoms with Gasteiger partial charge in [0.05, 0.1) is 5.56 Å². The minimum Gasteiger partial charge on any atom is -0.324 e. The Morgan fingerprint density at radius 3 is 2.44 bits per heavy atom. The lowest BCUT2D eigenvalue weighted by atomic mass is 10.2. The van der Waals surface area contributed by atoms with Crippen LogP contribution in [-0.2, 0) is 6.18 Å². The Bertz CT molecular complexity index is 918. The van der Waals surface area contributed by atoms with E-state index >= 15 is 0 Å². The van der Waals surface area contributed by atoms with Crippen LogP contribution in [0.5, 0.6) is 0 Å². The molecule has 0 saturated carbocycles. The first-order valence-electron chi connectivity index (χ1n) is 6.93. The predicted octanol–water partition coefficient (Wildman–Crippen LogP) is 5.72. The molecule has 0 fully saturated rings. The zero-order valence-electron chi connectivity index (χ0n) is 12.4. The first kappa shape index (κ1) is 17.6. The molecule has 25 heavy (non-hydrogen) atoms. The minimum absolute atomic E-state index is 0.0503. The normalized spacial score (nSPS) is 11.4. The molecule has 0 aliphatic carbocycles. The zero-order chi connectivity index (χ0) is 18.0. The molecular weight excluding hydrogens is 421 g/mol. The highest BCUT2D eigenvalue weighted by atomic mass is 79.9. The van der Waals surface area contributed by atoms with Gasteiger partial charge < -0.3 is 5.32 Å². The Morgan fingerprint density at radius 2 is 1.72 bits per heavy atom. The largest absolute Gasteiger partial charge is 0.416 e. The number of nitrogens with one attached hydrogen (secondary N) is 1. The number of hydrogen-bond acceptors (Lipinski definition) is 4. The lowest BCUT2D eigenvalue weighted by molar-refractivity contribution is -0.137. The average Bonchev–Trinajstić information content (AvgIpc) is 2.54. The first-order chi connectivity index (χ1) is 11.8. The summed E-state index contributed by atoms with van der Waals surface area (Å²) in [6.07, 6.45) is -4.43. The van der Waals surface area contributed by atoms with Gasteiger partial charge in [-0.05, 0) is 41.9 Å². The molecule has 0 saturated heterocycles. The van der Waals surface area contributed by atoms with E-state index in [0.717, 1.165) is 16.6 Å². The van der Waals surface area contributed by atoms with E-state index in [1.807, 2.05) is 6.07 Å². The van der Waals surface area contributed by atoms with Crippen molar-refractivity contribution in [2.75, 3.05) is 5.32 Å².